The fourth-order valence-electron chi connectivity index (χ4n) is 4.80. The molecule has 0 spiro atoms. The number of hydrogen-bond acceptors (Lipinski definition) is 6. The summed E-state index contributed by atoms with van der Waals surface area (Å²) >= 11 is 0. The van der Waals surface area contributed by atoms with Crippen LogP contribution in [0.15, 0.2) is 11.1 Å². The van der Waals surface area contributed by atoms with E-state index in [0.29, 0.717) is 0 Å². The molecule has 3 aromatic heterocycles. The third-order valence-electron chi connectivity index (χ3n) is 6.83. The fourth-order valence-corrected chi connectivity index (χ4v) is 4.80. The molecule has 2 unspecified atom stereocenters. The van der Waals surface area contributed by atoms with Crippen LogP contribution in [0.5, 0.6) is 0 Å². The molecule has 3 aromatic rings. The summed E-state index contributed by atoms with van der Waals surface area (Å²) in [4.78, 5) is 5.92. The number of allylic oxidation sites excluding steroid dienone is 4. The van der Waals surface area contributed by atoms with Crippen LogP contribution in [-0.2, 0) is 18.5 Å². The van der Waals surface area contributed by atoms with Crippen molar-refractivity contribution in [1.82, 2.24) is 15.0 Å². The largest absolute Gasteiger partial charge is 0.436 e. The highest BCUT2D eigenvalue weighted by atomic mass is 19.4. The first-order chi connectivity index (χ1) is 23.4. The van der Waals surface area contributed by atoms with Crippen molar-refractivity contribution in [3.8, 4) is 18.2 Å². The Morgan fingerprint density at radius 1 is 0.490 bits per heavy atom. The van der Waals surface area contributed by atoms with Crippen molar-refractivity contribution >= 4 is 11.1 Å². The molecule has 6 nitrogen and oxygen atoms in total. The Hall–Kier alpha value is -5.86. The van der Waals surface area contributed by atoms with E-state index in [1.165, 1.54) is 0 Å². The monoisotopic (exact) mass is 752 g/mol. The number of alkyl halides is 9. The number of halogens is 18. The van der Waals surface area contributed by atoms with Crippen molar-refractivity contribution in [3.05, 3.63) is 97.7 Å². The molecule has 1 fully saturated rings. The summed E-state index contributed by atoms with van der Waals surface area (Å²) in [7, 11) is 0. The number of rotatable bonds is 4. The first kappa shape index (κ1) is 38.0. The molecule has 1 saturated carbocycles. The maximum atomic E-state index is 15.1. The lowest BCUT2D eigenvalue weighted by Crippen LogP contribution is -2.19. The average Bonchev–Trinajstić information content (AvgIpc) is 3.72. The smallest absolute Gasteiger partial charge is 0.209 e. The van der Waals surface area contributed by atoms with Gasteiger partial charge < -0.3 is 0 Å². The molecule has 3 heterocycles. The minimum Gasteiger partial charge on any atom is -0.209 e. The van der Waals surface area contributed by atoms with Crippen molar-refractivity contribution in [2.45, 2.75) is 24.4 Å². The van der Waals surface area contributed by atoms with E-state index < -0.39 is 139 Å². The van der Waals surface area contributed by atoms with Crippen LogP contribution in [0.2, 0.25) is 0 Å². The van der Waals surface area contributed by atoms with Crippen LogP contribution in [0.25, 0.3) is 11.1 Å². The molecule has 0 aliphatic heterocycles. The van der Waals surface area contributed by atoms with Gasteiger partial charge in [0.15, 0.2) is 52.0 Å². The van der Waals surface area contributed by atoms with Crippen molar-refractivity contribution in [3.63, 3.8) is 0 Å². The zero-order valence-electron chi connectivity index (χ0n) is 23.1. The van der Waals surface area contributed by atoms with Gasteiger partial charge in [-0.2, -0.15) is 68.5 Å². The van der Waals surface area contributed by atoms with E-state index in [1.807, 2.05) is 15.0 Å². The zero-order chi connectivity index (χ0) is 38.9. The SMILES string of the molecule is N#C/C(=C1\C(=C(\C#N)c2c(F)c(F)nc(C(F)(F)F)c2F)C1C(C#N)c1c(F)c(F)nc(C(F)(F)F)c1F)c1c(F)c(F)nc(C(F)(F)F)c1F. The number of nitriles is 3. The summed E-state index contributed by atoms with van der Waals surface area (Å²) in [6.45, 7) is 0. The lowest BCUT2D eigenvalue weighted by Gasteiger charge is -2.15. The first-order valence-corrected chi connectivity index (χ1v) is 12.4. The summed E-state index contributed by atoms with van der Waals surface area (Å²) in [6, 6.07) is 2.24. The van der Waals surface area contributed by atoms with Gasteiger partial charge in [-0.1, -0.05) is 0 Å². The van der Waals surface area contributed by atoms with Gasteiger partial charge in [0.1, 0.15) is 12.1 Å². The molecule has 0 aromatic carbocycles. The van der Waals surface area contributed by atoms with Crippen molar-refractivity contribution in [2.75, 3.05) is 0 Å². The highest BCUT2D eigenvalue weighted by Crippen LogP contribution is 2.61. The molecule has 0 radical (unpaired) electrons. The average molecular weight is 752 g/mol. The maximum absolute atomic E-state index is 15.1. The van der Waals surface area contributed by atoms with E-state index in [4.69, 9.17) is 0 Å². The molecule has 0 saturated heterocycles. The normalized spacial score (nSPS) is 17.4. The highest BCUT2D eigenvalue weighted by Gasteiger charge is 2.54. The van der Waals surface area contributed by atoms with Gasteiger partial charge in [-0.15, -0.1) is 0 Å². The van der Waals surface area contributed by atoms with Gasteiger partial charge in [0.25, 0.3) is 0 Å². The minimum atomic E-state index is -6.03. The minimum absolute atomic E-state index is 0.718. The third-order valence-corrected chi connectivity index (χ3v) is 6.83. The Labute approximate surface area is 267 Å². The van der Waals surface area contributed by atoms with Crippen LogP contribution < -0.4 is 0 Å². The summed E-state index contributed by atoms with van der Waals surface area (Å²) in [5, 5.41) is 29.2. The summed E-state index contributed by atoms with van der Waals surface area (Å²) in [5.41, 5.74) is -23.7. The second-order valence-corrected chi connectivity index (χ2v) is 9.68. The molecular weight excluding hydrogens is 750 g/mol. The molecule has 4 rings (SSSR count). The molecule has 0 N–H and O–H groups in total. The number of pyridine rings is 3. The van der Waals surface area contributed by atoms with E-state index in [-0.39, 0.29) is 0 Å². The predicted octanol–water partition coefficient (Wildman–Crippen LogP) is 8.37. The zero-order valence-corrected chi connectivity index (χ0v) is 23.1. The van der Waals surface area contributed by atoms with Gasteiger partial charge >= 0.3 is 18.5 Å². The van der Waals surface area contributed by atoms with Crippen LogP contribution >= 0.6 is 0 Å². The van der Waals surface area contributed by atoms with Crippen LogP contribution in [-0.4, -0.2) is 15.0 Å². The van der Waals surface area contributed by atoms with Gasteiger partial charge in [-0.25, -0.2) is 41.3 Å². The van der Waals surface area contributed by atoms with Crippen molar-refractivity contribution in [2.24, 2.45) is 5.92 Å². The number of aromatic nitrogens is 3. The van der Waals surface area contributed by atoms with Gasteiger partial charge in [0, 0.05) is 11.5 Å². The molecule has 266 valence electrons. The maximum Gasteiger partial charge on any atom is 0.436 e. The Balaban J connectivity index is 2.29. The Morgan fingerprint density at radius 2 is 0.804 bits per heavy atom. The number of hydrogen-bond donors (Lipinski definition) is 0. The quantitative estimate of drug-likeness (QED) is 0.151. The summed E-state index contributed by atoms with van der Waals surface area (Å²) in [6.07, 6.45) is -18.1. The second-order valence-electron chi connectivity index (χ2n) is 9.68. The molecular formula is C27H2F18N6. The van der Waals surface area contributed by atoms with Crippen LogP contribution in [0.1, 0.15) is 39.7 Å². The summed E-state index contributed by atoms with van der Waals surface area (Å²) < 4.78 is 253. The van der Waals surface area contributed by atoms with E-state index in [1.54, 1.807) is 0 Å². The standard InChI is InChI=1S/C27H2F18N6/c28-13-10(16(31)22(34)49-19(13)25(37,38)39)4(1-46)7-8(5(2-47)11-14(29)20(26(40,41)42)50-23(35)17(11)32)9(7)6(3-48)12-15(30)21(27(43,44)45)51-24(36)18(12)33/h4,7H/b8-5-,9-6+. The van der Waals surface area contributed by atoms with Crippen molar-refractivity contribution in [1.29, 1.82) is 15.8 Å². The molecule has 51 heavy (non-hydrogen) atoms. The van der Waals surface area contributed by atoms with E-state index in [2.05, 4.69) is 0 Å². The topological polar surface area (TPSA) is 110 Å². The van der Waals surface area contributed by atoms with E-state index in [9.17, 15) is 81.6 Å². The van der Waals surface area contributed by atoms with E-state index in [0.717, 1.165) is 18.2 Å². The molecule has 1 aliphatic rings. The third kappa shape index (κ3) is 6.23. The highest BCUT2D eigenvalue weighted by molar-refractivity contribution is 5.98. The lowest BCUT2D eigenvalue weighted by atomic mass is 9.91. The Morgan fingerprint density at radius 3 is 1.10 bits per heavy atom. The molecule has 24 heteroatoms. The number of nitrogens with zero attached hydrogens (tertiary/aromatic N) is 6. The predicted molar refractivity (Wildman–Crippen MR) is 124 cm³/mol. The van der Waals surface area contributed by atoms with Gasteiger partial charge in [-0.05, 0) is 11.1 Å². The van der Waals surface area contributed by atoms with Gasteiger partial charge in [0.2, 0.25) is 17.8 Å². The van der Waals surface area contributed by atoms with Crippen LogP contribution in [0.3, 0.4) is 0 Å². The van der Waals surface area contributed by atoms with Crippen molar-refractivity contribution < 1.29 is 79.0 Å². The fraction of sp³-hybridized carbons (Fsp3) is 0.185. The Bertz CT molecular complexity index is 2100. The van der Waals surface area contributed by atoms with Crippen LogP contribution in [0.4, 0.5) is 79.0 Å². The molecule has 0 bridgehead atoms. The second kappa shape index (κ2) is 12.5. The first-order valence-electron chi connectivity index (χ1n) is 12.4. The molecule has 1 aliphatic carbocycles. The Kier molecular flexibility index (Phi) is 9.28. The van der Waals surface area contributed by atoms with E-state index >= 15 is 13.2 Å². The van der Waals surface area contributed by atoms with Gasteiger partial charge in [-0.3, -0.25) is 0 Å². The summed E-state index contributed by atoms with van der Waals surface area (Å²) in [5.74, 6) is -32.1. The van der Waals surface area contributed by atoms with Gasteiger partial charge in [0.05, 0.1) is 34.3 Å². The molecule has 2 atom stereocenters. The lowest BCUT2D eigenvalue weighted by molar-refractivity contribution is -0.145. The van der Waals surface area contributed by atoms with Crippen LogP contribution in [0, 0.1) is 92.7 Å². The molecule has 0 amide bonds.